The quantitative estimate of drug-likeness (QED) is 0.850. The van der Waals surface area contributed by atoms with E-state index >= 15 is 0 Å². The van der Waals surface area contributed by atoms with Crippen molar-refractivity contribution in [2.24, 2.45) is 0 Å². The third-order valence-electron chi connectivity index (χ3n) is 5.23. The van der Waals surface area contributed by atoms with E-state index in [1.54, 1.807) is 0 Å². The minimum absolute atomic E-state index is 0.134. The summed E-state index contributed by atoms with van der Waals surface area (Å²) in [6.45, 7) is 2.29. The molecule has 0 amide bonds. The molecule has 0 radical (unpaired) electrons. The van der Waals surface area contributed by atoms with Crippen molar-refractivity contribution >= 4 is 5.97 Å². The largest absolute Gasteiger partial charge is 0.480 e. The molecule has 2 unspecified atom stereocenters. The number of benzene rings is 2. The van der Waals surface area contributed by atoms with E-state index in [0.717, 1.165) is 24.8 Å². The van der Waals surface area contributed by atoms with Gasteiger partial charge in [-0.2, -0.15) is 0 Å². The molecule has 0 aromatic heterocycles. The summed E-state index contributed by atoms with van der Waals surface area (Å²) in [5.41, 5.74) is 2.54. The normalized spacial score (nSPS) is 24.6. The number of rotatable bonds is 6. The van der Waals surface area contributed by atoms with Gasteiger partial charge in [0.2, 0.25) is 0 Å². The zero-order valence-corrected chi connectivity index (χ0v) is 14.1. The first-order valence-electron chi connectivity index (χ1n) is 8.65. The van der Waals surface area contributed by atoms with Crippen LogP contribution in [0, 0.1) is 0 Å². The molecule has 2 N–H and O–H groups in total. The summed E-state index contributed by atoms with van der Waals surface area (Å²) >= 11 is 0. The highest BCUT2D eigenvalue weighted by atomic mass is 16.4. The lowest BCUT2D eigenvalue weighted by molar-refractivity contribution is -0.139. The van der Waals surface area contributed by atoms with Crippen LogP contribution in [0.5, 0.6) is 0 Å². The maximum absolute atomic E-state index is 11.7. The molecule has 3 heteroatoms. The van der Waals surface area contributed by atoms with E-state index in [2.05, 4.69) is 36.5 Å². The molecule has 0 aliphatic heterocycles. The Labute approximate surface area is 143 Å². The molecule has 0 saturated heterocycles. The lowest BCUT2D eigenvalue weighted by Gasteiger charge is -2.26. The maximum atomic E-state index is 11.7. The van der Waals surface area contributed by atoms with Crippen molar-refractivity contribution in [2.75, 3.05) is 0 Å². The van der Waals surface area contributed by atoms with Crippen molar-refractivity contribution in [3.63, 3.8) is 0 Å². The Bertz CT molecular complexity index is 671. The average Bonchev–Trinajstić information content (AvgIpc) is 2.98. The summed E-state index contributed by atoms with van der Waals surface area (Å²) in [5.74, 6) is -0.771. The minimum atomic E-state index is -0.771. The summed E-state index contributed by atoms with van der Waals surface area (Å²) in [7, 11) is 0. The van der Waals surface area contributed by atoms with E-state index in [-0.39, 0.29) is 11.5 Å². The molecule has 2 aromatic carbocycles. The molecular formula is C21H25NO2. The number of hydrogen-bond acceptors (Lipinski definition) is 2. The predicted molar refractivity (Wildman–Crippen MR) is 96.1 cm³/mol. The second-order valence-electron chi connectivity index (χ2n) is 7.11. The zero-order valence-electron chi connectivity index (χ0n) is 14.1. The Hall–Kier alpha value is -2.13. The molecule has 0 spiro atoms. The van der Waals surface area contributed by atoms with Gasteiger partial charge in [-0.1, -0.05) is 67.6 Å². The first-order valence-corrected chi connectivity index (χ1v) is 8.65. The summed E-state index contributed by atoms with van der Waals surface area (Å²) in [6.07, 6.45) is 3.61. The number of carbonyl (C=O) groups is 1. The predicted octanol–water partition coefficient (Wildman–Crippen LogP) is 3.78. The third-order valence-corrected chi connectivity index (χ3v) is 5.23. The molecule has 0 heterocycles. The van der Waals surface area contributed by atoms with Crippen molar-refractivity contribution in [3.8, 4) is 0 Å². The number of aliphatic carboxylic acids is 1. The summed E-state index contributed by atoms with van der Waals surface area (Å²) in [6, 6.07) is 20.1. The summed E-state index contributed by atoms with van der Waals surface area (Å²) in [5, 5.41) is 13.0. The van der Waals surface area contributed by atoms with Crippen molar-refractivity contribution in [1.29, 1.82) is 0 Å². The van der Waals surface area contributed by atoms with Gasteiger partial charge >= 0.3 is 5.97 Å². The minimum Gasteiger partial charge on any atom is -0.480 e. The molecule has 126 valence electrons. The monoisotopic (exact) mass is 323 g/mol. The lowest BCUT2D eigenvalue weighted by atomic mass is 9.81. The van der Waals surface area contributed by atoms with Gasteiger partial charge in [-0.3, -0.25) is 4.79 Å². The van der Waals surface area contributed by atoms with Crippen LogP contribution in [-0.2, 0) is 16.6 Å². The van der Waals surface area contributed by atoms with Gasteiger partial charge in [-0.05, 0) is 42.2 Å². The van der Waals surface area contributed by atoms with Gasteiger partial charge in [-0.25, -0.2) is 0 Å². The Kier molecular flexibility index (Phi) is 5.00. The third kappa shape index (κ3) is 3.85. The molecule has 1 aliphatic rings. The van der Waals surface area contributed by atoms with Gasteiger partial charge in [0.15, 0.2) is 0 Å². The Morgan fingerprint density at radius 3 is 2.42 bits per heavy atom. The fraction of sp³-hybridized carbons (Fsp3) is 0.381. The van der Waals surface area contributed by atoms with Gasteiger partial charge in [-0.15, -0.1) is 0 Å². The van der Waals surface area contributed by atoms with E-state index in [1.807, 2.05) is 36.4 Å². The highest BCUT2D eigenvalue weighted by molar-refractivity contribution is 5.74. The first-order chi connectivity index (χ1) is 11.6. The van der Waals surface area contributed by atoms with Crippen LogP contribution in [0.25, 0.3) is 0 Å². The Balaban J connectivity index is 1.65. The molecule has 3 atom stereocenters. The van der Waals surface area contributed by atoms with Crippen LogP contribution in [0.3, 0.4) is 0 Å². The van der Waals surface area contributed by atoms with Gasteiger partial charge < -0.3 is 10.4 Å². The van der Waals surface area contributed by atoms with E-state index in [4.69, 9.17) is 0 Å². The van der Waals surface area contributed by atoms with Crippen LogP contribution in [0.2, 0.25) is 0 Å². The molecule has 3 nitrogen and oxygen atoms in total. The van der Waals surface area contributed by atoms with Crippen LogP contribution >= 0.6 is 0 Å². The number of hydrogen-bond donors (Lipinski definition) is 2. The van der Waals surface area contributed by atoms with Crippen molar-refractivity contribution in [1.82, 2.24) is 5.32 Å². The van der Waals surface area contributed by atoms with Gasteiger partial charge in [0.1, 0.15) is 6.04 Å². The second-order valence-corrected chi connectivity index (χ2v) is 7.11. The van der Waals surface area contributed by atoms with E-state index in [9.17, 15) is 9.90 Å². The van der Waals surface area contributed by atoms with Gasteiger partial charge in [0.05, 0.1) is 0 Å². The fourth-order valence-corrected chi connectivity index (χ4v) is 3.84. The number of carboxylic acids is 1. The van der Waals surface area contributed by atoms with Gasteiger partial charge in [0, 0.05) is 6.04 Å². The topological polar surface area (TPSA) is 49.3 Å². The van der Waals surface area contributed by atoms with Crippen LogP contribution < -0.4 is 5.32 Å². The molecule has 24 heavy (non-hydrogen) atoms. The van der Waals surface area contributed by atoms with Gasteiger partial charge in [0.25, 0.3) is 0 Å². The van der Waals surface area contributed by atoms with Crippen molar-refractivity contribution < 1.29 is 9.90 Å². The maximum Gasteiger partial charge on any atom is 0.321 e. The lowest BCUT2D eigenvalue weighted by Crippen LogP contribution is -2.44. The zero-order chi connectivity index (χ0) is 17.0. The van der Waals surface area contributed by atoms with E-state index in [1.165, 1.54) is 5.56 Å². The smallest absolute Gasteiger partial charge is 0.321 e. The van der Waals surface area contributed by atoms with Crippen LogP contribution in [0.1, 0.15) is 37.3 Å². The Morgan fingerprint density at radius 1 is 1.17 bits per heavy atom. The highest BCUT2D eigenvalue weighted by Crippen LogP contribution is 2.40. The van der Waals surface area contributed by atoms with E-state index < -0.39 is 12.0 Å². The SMILES string of the molecule is CC1(c2ccccc2)CCC(N[C@@H](Cc2ccccc2)C(=O)O)C1. The molecule has 2 aromatic rings. The summed E-state index contributed by atoms with van der Waals surface area (Å²) in [4.78, 5) is 11.7. The average molecular weight is 323 g/mol. The molecule has 1 aliphatic carbocycles. The number of nitrogens with one attached hydrogen (secondary N) is 1. The Morgan fingerprint density at radius 2 is 1.79 bits per heavy atom. The number of carboxylic acid groups (broad SMARTS) is 1. The van der Waals surface area contributed by atoms with Crippen LogP contribution in [0.4, 0.5) is 0 Å². The molecular weight excluding hydrogens is 298 g/mol. The first kappa shape index (κ1) is 16.7. The molecule has 3 rings (SSSR count). The van der Waals surface area contributed by atoms with Crippen molar-refractivity contribution in [3.05, 3.63) is 71.8 Å². The molecule has 1 fully saturated rings. The summed E-state index contributed by atoms with van der Waals surface area (Å²) < 4.78 is 0. The van der Waals surface area contributed by atoms with Crippen molar-refractivity contribution in [2.45, 2.75) is 50.1 Å². The standard InChI is InChI=1S/C21H25NO2/c1-21(17-10-6-3-7-11-17)13-12-18(15-21)22-19(20(23)24)14-16-8-4-2-5-9-16/h2-11,18-19,22H,12-15H2,1H3,(H,23,24)/t18?,19-,21?/m0/s1. The molecule has 0 bridgehead atoms. The molecule has 1 saturated carbocycles. The van der Waals surface area contributed by atoms with Crippen LogP contribution in [-0.4, -0.2) is 23.2 Å². The fourth-order valence-electron chi connectivity index (χ4n) is 3.84. The van der Waals surface area contributed by atoms with E-state index in [0.29, 0.717) is 6.42 Å². The second kappa shape index (κ2) is 7.18. The van der Waals surface area contributed by atoms with Crippen LogP contribution in [0.15, 0.2) is 60.7 Å². The highest BCUT2D eigenvalue weighted by Gasteiger charge is 2.37.